The zero-order valence-corrected chi connectivity index (χ0v) is 36.6. The molecule has 5 aliphatic rings. The molecular formula is C57H55BN2. The van der Waals surface area contributed by atoms with Crippen LogP contribution in [0.15, 0.2) is 140 Å². The van der Waals surface area contributed by atoms with Gasteiger partial charge in [0.2, 0.25) is 0 Å². The SMILES string of the molecule is CC(C)(C)c1ccc2c(c1)C(c1ccccc1)(c1ccccc1)c1cccc3c1N2B1c2cc(C(C)(C)C)cc4c2N(c2c1c-3cc1ccccc21)C1(C)CCCCC41C. The van der Waals surface area contributed by atoms with E-state index < -0.39 is 5.41 Å². The van der Waals surface area contributed by atoms with Crippen molar-refractivity contribution in [1.82, 2.24) is 0 Å². The first-order valence-corrected chi connectivity index (χ1v) is 22.5. The molecule has 0 amide bonds. The minimum atomic E-state index is -0.552. The summed E-state index contributed by atoms with van der Waals surface area (Å²) in [7, 11) is 0. The minimum Gasteiger partial charge on any atom is -0.376 e. The molecular weight excluding hydrogens is 723 g/mol. The average molecular weight is 779 g/mol. The molecule has 12 rings (SSSR count). The number of benzene rings is 7. The van der Waals surface area contributed by atoms with E-state index in [4.69, 9.17) is 0 Å². The van der Waals surface area contributed by atoms with E-state index in [2.05, 4.69) is 205 Å². The number of rotatable bonds is 2. The zero-order valence-electron chi connectivity index (χ0n) is 36.6. The lowest BCUT2D eigenvalue weighted by atomic mass is 9.41. The van der Waals surface area contributed by atoms with Gasteiger partial charge in [-0.05, 0) is 104 Å². The highest BCUT2D eigenvalue weighted by Gasteiger charge is 2.63. The molecule has 0 radical (unpaired) electrons. The van der Waals surface area contributed by atoms with Crippen molar-refractivity contribution in [3.8, 4) is 11.1 Å². The molecule has 2 atom stereocenters. The number of nitrogens with zero attached hydrogens (tertiary/aromatic N) is 2. The highest BCUT2D eigenvalue weighted by Crippen LogP contribution is 2.65. The van der Waals surface area contributed by atoms with E-state index in [1.807, 2.05) is 0 Å². The second-order valence-electron chi connectivity index (χ2n) is 21.2. The van der Waals surface area contributed by atoms with Crippen molar-refractivity contribution in [2.45, 2.75) is 108 Å². The lowest BCUT2D eigenvalue weighted by molar-refractivity contribution is 0.195. The third-order valence-electron chi connectivity index (χ3n) is 16.1. The van der Waals surface area contributed by atoms with Gasteiger partial charge >= 0.3 is 6.85 Å². The van der Waals surface area contributed by atoms with Gasteiger partial charge in [0.15, 0.2) is 0 Å². The number of fused-ring (bicyclic) bond motifs is 11. The van der Waals surface area contributed by atoms with Crippen molar-refractivity contribution in [2.24, 2.45) is 0 Å². The van der Waals surface area contributed by atoms with E-state index in [9.17, 15) is 0 Å². The van der Waals surface area contributed by atoms with Gasteiger partial charge in [-0.25, -0.2) is 0 Å². The summed E-state index contributed by atoms with van der Waals surface area (Å²) in [5.74, 6) is 0. The van der Waals surface area contributed by atoms with E-state index in [1.165, 1.54) is 115 Å². The van der Waals surface area contributed by atoms with Gasteiger partial charge < -0.3 is 9.71 Å². The summed E-state index contributed by atoms with van der Waals surface area (Å²) in [6, 6.07) is 54.7. The summed E-state index contributed by atoms with van der Waals surface area (Å²) in [6.07, 6.45) is 4.93. The van der Waals surface area contributed by atoms with Crippen LogP contribution in [0.25, 0.3) is 21.9 Å². The Morgan fingerprint density at radius 1 is 0.533 bits per heavy atom. The summed E-state index contributed by atoms with van der Waals surface area (Å²) < 4.78 is 0. The van der Waals surface area contributed by atoms with Gasteiger partial charge in [-0.1, -0.05) is 189 Å². The lowest BCUT2D eigenvalue weighted by Crippen LogP contribution is -2.65. The van der Waals surface area contributed by atoms with Crippen molar-refractivity contribution < 1.29 is 0 Å². The Hall–Kier alpha value is -5.54. The molecule has 1 fully saturated rings. The standard InChI is InChI=1S/C57H55BN2/c1-53(2,3)39-28-29-48-45(33-39)57(37-21-11-9-12-22-37,38-23-13-10-14-24-38)44-27-19-26-42-43-32-36-20-15-16-25-41(36)51-49(43)58(60(48)50(42)44)47-35-40(54(4,5)6)34-46-52(47)59(51)56(8)31-18-17-30-55(46,56)7/h9-16,19-29,32-35H,17-18,30-31H2,1-8H3. The van der Waals surface area contributed by atoms with Crippen molar-refractivity contribution in [1.29, 1.82) is 0 Å². The Morgan fingerprint density at radius 3 is 1.88 bits per heavy atom. The highest BCUT2D eigenvalue weighted by molar-refractivity contribution is 6.94. The number of anilines is 4. The Bertz CT molecular complexity index is 2910. The summed E-state index contributed by atoms with van der Waals surface area (Å²) in [5, 5.41) is 2.69. The maximum atomic E-state index is 2.92. The summed E-state index contributed by atoms with van der Waals surface area (Å²) in [6.45, 7) is 19.6. The van der Waals surface area contributed by atoms with Gasteiger partial charge in [0.05, 0.1) is 11.0 Å². The van der Waals surface area contributed by atoms with Gasteiger partial charge in [0.25, 0.3) is 0 Å². The second kappa shape index (κ2) is 11.8. The van der Waals surface area contributed by atoms with E-state index in [-0.39, 0.29) is 28.6 Å². The Morgan fingerprint density at radius 2 is 1.18 bits per heavy atom. The molecule has 2 nitrogen and oxygen atoms in total. The van der Waals surface area contributed by atoms with Crippen LogP contribution in [0.3, 0.4) is 0 Å². The van der Waals surface area contributed by atoms with Crippen LogP contribution in [-0.2, 0) is 21.7 Å². The topological polar surface area (TPSA) is 6.48 Å². The first-order valence-electron chi connectivity index (χ1n) is 22.5. The lowest BCUT2D eigenvalue weighted by Gasteiger charge is -2.55. The van der Waals surface area contributed by atoms with Crippen LogP contribution in [0.1, 0.15) is 120 Å². The van der Waals surface area contributed by atoms with Gasteiger partial charge in [0, 0.05) is 39.1 Å². The van der Waals surface area contributed by atoms with Crippen molar-refractivity contribution in [2.75, 3.05) is 9.71 Å². The fourth-order valence-electron chi connectivity index (χ4n) is 12.9. The Labute approximate surface area is 357 Å². The van der Waals surface area contributed by atoms with Crippen LogP contribution in [0, 0.1) is 0 Å². The third-order valence-corrected chi connectivity index (χ3v) is 16.1. The molecule has 0 N–H and O–H groups in total. The smallest absolute Gasteiger partial charge is 0.333 e. The van der Waals surface area contributed by atoms with Crippen molar-refractivity contribution in [3.05, 3.63) is 178 Å². The maximum Gasteiger partial charge on any atom is 0.333 e. The summed E-state index contributed by atoms with van der Waals surface area (Å²) in [5.41, 5.74) is 20.3. The Kier molecular flexibility index (Phi) is 7.17. The molecule has 296 valence electrons. The van der Waals surface area contributed by atoms with E-state index in [1.54, 1.807) is 5.56 Å². The number of hydrogen-bond donors (Lipinski definition) is 0. The highest BCUT2D eigenvalue weighted by atomic mass is 15.3. The predicted molar refractivity (Wildman–Crippen MR) is 255 cm³/mol. The molecule has 0 saturated heterocycles. The Balaban J connectivity index is 1.30. The fourth-order valence-corrected chi connectivity index (χ4v) is 12.9. The molecule has 60 heavy (non-hydrogen) atoms. The van der Waals surface area contributed by atoms with Gasteiger partial charge in [-0.2, -0.15) is 0 Å². The molecule has 2 unspecified atom stereocenters. The molecule has 1 aliphatic carbocycles. The molecule has 7 aromatic carbocycles. The second-order valence-corrected chi connectivity index (χ2v) is 21.2. The van der Waals surface area contributed by atoms with E-state index in [0.717, 1.165) is 0 Å². The molecule has 0 spiro atoms. The molecule has 4 heterocycles. The molecule has 7 aromatic rings. The van der Waals surface area contributed by atoms with Crippen LogP contribution >= 0.6 is 0 Å². The van der Waals surface area contributed by atoms with Crippen LogP contribution in [0.2, 0.25) is 0 Å². The fraction of sp³-hybridized carbons (Fsp3) is 0.298. The van der Waals surface area contributed by atoms with Gasteiger partial charge in [0.1, 0.15) is 0 Å². The number of hydrogen-bond acceptors (Lipinski definition) is 2. The van der Waals surface area contributed by atoms with Crippen LogP contribution in [0.4, 0.5) is 22.7 Å². The average Bonchev–Trinajstić information content (AvgIpc) is 3.46. The maximum absolute atomic E-state index is 2.92. The molecule has 4 aliphatic heterocycles. The van der Waals surface area contributed by atoms with E-state index >= 15 is 0 Å². The first-order chi connectivity index (χ1) is 28.8. The van der Waals surface area contributed by atoms with Crippen LogP contribution in [-0.4, -0.2) is 12.4 Å². The number of para-hydroxylation sites is 1. The van der Waals surface area contributed by atoms with Crippen molar-refractivity contribution >= 4 is 51.3 Å². The summed E-state index contributed by atoms with van der Waals surface area (Å²) >= 11 is 0. The zero-order chi connectivity index (χ0) is 41.1. The van der Waals surface area contributed by atoms with E-state index in [0.29, 0.717) is 0 Å². The predicted octanol–water partition coefficient (Wildman–Crippen LogP) is 13.1. The molecule has 3 heteroatoms. The minimum absolute atomic E-state index is 0.0121. The van der Waals surface area contributed by atoms with Crippen molar-refractivity contribution in [3.63, 3.8) is 0 Å². The monoisotopic (exact) mass is 778 g/mol. The first kappa shape index (κ1) is 36.3. The molecule has 0 bridgehead atoms. The quantitative estimate of drug-likeness (QED) is 0.161. The molecule has 0 aromatic heterocycles. The normalized spacial score (nSPS) is 21.6. The largest absolute Gasteiger partial charge is 0.376 e. The van der Waals surface area contributed by atoms with Gasteiger partial charge in [-0.15, -0.1) is 0 Å². The van der Waals surface area contributed by atoms with Crippen LogP contribution in [0.5, 0.6) is 0 Å². The summed E-state index contributed by atoms with van der Waals surface area (Å²) in [4.78, 5) is 5.75. The van der Waals surface area contributed by atoms with Crippen LogP contribution < -0.4 is 20.6 Å². The molecule has 1 saturated carbocycles. The van der Waals surface area contributed by atoms with Gasteiger partial charge in [-0.3, -0.25) is 0 Å². The third kappa shape index (κ3) is 4.36.